The average molecular weight is 310 g/mol. The molecule has 1 unspecified atom stereocenters. The molecule has 1 rings (SSSR count). The van der Waals surface area contributed by atoms with Crippen LogP contribution in [0.15, 0.2) is 18.2 Å². The van der Waals surface area contributed by atoms with E-state index < -0.39 is 0 Å². The van der Waals surface area contributed by atoms with Gasteiger partial charge in [-0.3, -0.25) is 0 Å². The van der Waals surface area contributed by atoms with Gasteiger partial charge >= 0.3 is 0 Å². The van der Waals surface area contributed by atoms with E-state index in [1.165, 1.54) is 5.56 Å². The van der Waals surface area contributed by atoms with Crippen molar-refractivity contribution in [2.24, 2.45) is 0 Å². The van der Waals surface area contributed by atoms with Crippen molar-refractivity contribution < 1.29 is 0 Å². The van der Waals surface area contributed by atoms with E-state index in [0.717, 1.165) is 15.0 Å². The molecule has 0 heterocycles. The van der Waals surface area contributed by atoms with Crippen LogP contribution >= 0.6 is 34.2 Å². The van der Waals surface area contributed by atoms with Crippen LogP contribution in [0, 0.1) is 3.57 Å². The van der Waals surface area contributed by atoms with E-state index in [2.05, 4.69) is 47.0 Å². The highest BCUT2D eigenvalue weighted by molar-refractivity contribution is 14.1. The first-order valence-electron chi connectivity index (χ1n) is 4.31. The number of hydrogen-bond acceptors (Lipinski definition) is 1. The summed E-state index contributed by atoms with van der Waals surface area (Å²) < 4.78 is 1.11. The Morgan fingerprint density at radius 2 is 2.23 bits per heavy atom. The Morgan fingerprint density at radius 1 is 1.54 bits per heavy atom. The van der Waals surface area contributed by atoms with Gasteiger partial charge in [0.05, 0.1) is 5.02 Å². The van der Waals surface area contributed by atoms with Crippen LogP contribution in [0.3, 0.4) is 0 Å². The molecule has 72 valence electrons. The Bertz CT molecular complexity index is 284. The molecule has 0 saturated carbocycles. The summed E-state index contributed by atoms with van der Waals surface area (Å²) in [5, 5.41) is 4.09. The highest BCUT2D eigenvalue weighted by atomic mass is 127. The summed E-state index contributed by atoms with van der Waals surface area (Å²) in [4.78, 5) is 0. The van der Waals surface area contributed by atoms with Crippen molar-refractivity contribution in [2.75, 3.05) is 7.05 Å². The first-order chi connectivity index (χ1) is 6.19. The lowest BCUT2D eigenvalue weighted by Crippen LogP contribution is -2.15. The summed E-state index contributed by atoms with van der Waals surface area (Å²) in [6, 6.07) is 6.62. The van der Waals surface area contributed by atoms with E-state index in [0.29, 0.717) is 6.04 Å². The van der Waals surface area contributed by atoms with Crippen LogP contribution in [0.25, 0.3) is 0 Å². The minimum Gasteiger partial charge on any atom is -0.313 e. The van der Waals surface area contributed by atoms with E-state index in [1.54, 1.807) is 0 Å². The third-order valence-electron chi connectivity index (χ3n) is 2.10. The lowest BCUT2D eigenvalue weighted by atomic mass is 10.1. The van der Waals surface area contributed by atoms with Crippen LogP contribution in [-0.2, 0) is 0 Å². The average Bonchev–Trinajstić information content (AvgIpc) is 2.13. The Kier molecular flexibility index (Phi) is 4.49. The summed E-state index contributed by atoms with van der Waals surface area (Å²) in [5.74, 6) is 0. The van der Waals surface area contributed by atoms with E-state index in [4.69, 9.17) is 11.6 Å². The van der Waals surface area contributed by atoms with Gasteiger partial charge in [0.1, 0.15) is 0 Å². The fraction of sp³-hybridized carbons (Fsp3) is 0.400. The molecule has 13 heavy (non-hydrogen) atoms. The number of hydrogen-bond donors (Lipinski definition) is 1. The molecule has 0 aliphatic carbocycles. The summed E-state index contributed by atoms with van der Waals surface area (Å²) in [5.41, 5.74) is 1.26. The molecule has 0 aromatic heterocycles. The third kappa shape index (κ3) is 2.82. The lowest BCUT2D eigenvalue weighted by molar-refractivity contribution is 0.577. The van der Waals surface area contributed by atoms with Crippen LogP contribution < -0.4 is 5.32 Å². The van der Waals surface area contributed by atoms with Crippen molar-refractivity contribution in [3.63, 3.8) is 0 Å². The zero-order valence-electron chi connectivity index (χ0n) is 7.77. The minimum atomic E-state index is 0.412. The van der Waals surface area contributed by atoms with E-state index in [9.17, 15) is 0 Å². The molecule has 0 saturated heterocycles. The lowest BCUT2D eigenvalue weighted by Gasteiger charge is -2.14. The van der Waals surface area contributed by atoms with Gasteiger partial charge in [0.25, 0.3) is 0 Å². The number of rotatable bonds is 3. The maximum Gasteiger partial charge on any atom is 0.0542 e. The highest BCUT2D eigenvalue weighted by Crippen LogP contribution is 2.24. The Morgan fingerprint density at radius 3 is 2.69 bits per heavy atom. The maximum absolute atomic E-state index is 6.04. The second-order valence-electron chi connectivity index (χ2n) is 2.92. The first kappa shape index (κ1) is 11.3. The summed E-state index contributed by atoms with van der Waals surface area (Å²) in [6.45, 7) is 2.16. The fourth-order valence-electron chi connectivity index (χ4n) is 1.34. The van der Waals surface area contributed by atoms with Gasteiger partial charge in [-0.05, 0) is 53.8 Å². The van der Waals surface area contributed by atoms with Crippen LogP contribution in [0.5, 0.6) is 0 Å². The van der Waals surface area contributed by atoms with Gasteiger partial charge in [-0.15, -0.1) is 0 Å². The van der Waals surface area contributed by atoms with Crippen LogP contribution in [-0.4, -0.2) is 7.05 Å². The molecule has 0 aliphatic rings. The minimum absolute atomic E-state index is 0.412. The molecule has 3 heteroatoms. The van der Waals surface area contributed by atoms with Crippen molar-refractivity contribution in [1.29, 1.82) is 0 Å². The zero-order chi connectivity index (χ0) is 9.84. The number of halogens is 2. The van der Waals surface area contributed by atoms with E-state index in [1.807, 2.05) is 13.1 Å². The SMILES string of the molecule is CCC(NC)c1ccc(I)c(Cl)c1. The van der Waals surface area contributed by atoms with Crippen LogP contribution in [0.1, 0.15) is 24.9 Å². The van der Waals surface area contributed by atoms with E-state index in [-0.39, 0.29) is 0 Å². The van der Waals surface area contributed by atoms with Crippen molar-refractivity contribution in [3.8, 4) is 0 Å². The summed E-state index contributed by atoms with van der Waals surface area (Å²) >= 11 is 8.27. The van der Waals surface area contributed by atoms with E-state index >= 15 is 0 Å². The van der Waals surface area contributed by atoms with Crippen LogP contribution in [0.2, 0.25) is 5.02 Å². The van der Waals surface area contributed by atoms with Gasteiger partial charge < -0.3 is 5.32 Å². The Balaban J connectivity index is 2.95. The monoisotopic (exact) mass is 309 g/mol. The molecule has 0 radical (unpaired) electrons. The molecule has 0 aliphatic heterocycles. The third-order valence-corrected chi connectivity index (χ3v) is 3.67. The van der Waals surface area contributed by atoms with Crippen LogP contribution in [0.4, 0.5) is 0 Å². The van der Waals surface area contributed by atoms with Gasteiger partial charge in [0.15, 0.2) is 0 Å². The topological polar surface area (TPSA) is 12.0 Å². The molecule has 1 N–H and O–H groups in total. The normalized spacial score (nSPS) is 12.9. The molecular formula is C10H13ClIN. The second-order valence-corrected chi connectivity index (χ2v) is 4.49. The number of nitrogens with one attached hydrogen (secondary N) is 1. The molecular weight excluding hydrogens is 296 g/mol. The molecule has 1 aromatic carbocycles. The zero-order valence-corrected chi connectivity index (χ0v) is 10.7. The van der Waals surface area contributed by atoms with Gasteiger partial charge in [-0.2, -0.15) is 0 Å². The predicted molar refractivity (Wildman–Crippen MR) is 66.3 cm³/mol. The smallest absolute Gasteiger partial charge is 0.0542 e. The second kappa shape index (κ2) is 5.17. The molecule has 0 amide bonds. The van der Waals surface area contributed by atoms with Crippen molar-refractivity contribution >= 4 is 34.2 Å². The first-order valence-corrected chi connectivity index (χ1v) is 5.77. The number of benzene rings is 1. The van der Waals surface area contributed by atoms with Gasteiger partial charge in [-0.25, -0.2) is 0 Å². The van der Waals surface area contributed by atoms with Crippen molar-refractivity contribution in [3.05, 3.63) is 32.4 Å². The molecule has 0 spiro atoms. The Labute approximate surface area is 98.0 Å². The molecule has 0 bridgehead atoms. The molecule has 0 fully saturated rings. The van der Waals surface area contributed by atoms with Gasteiger partial charge in [-0.1, -0.05) is 24.6 Å². The van der Waals surface area contributed by atoms with Gasteiger partial charge in [0, 0.05) is 9.61 Å². The maximum atomic E-state index is 6.04. The largest absolute Gasteiger partial charge is 0.313 e. The predicted octanol–water partition coefficient (Wildman–Crippen LogP) is 3.62. The summed E-state index contributed by atoms with van der Waals surface area (Å²) in [6.07, 6.45) is 1.08. The summed E-state index contributed by atoms with van der Waals surface area (Å²) in [7, 11) is 1.97. The standard InChI is InChI=1S/C10H13ClIN/c1-3-10(13-2)7-4-5-9(12)8(11)6-7/h4-6,10,13H,3H2,1-2H3. The molecule has 1 aromatic rings. The molecule has 1 atom stereocenters. The van der Waals surface area contributed by atoms with Gasteiger partial charge in [0.2, 0.25) is 0 Å². The van der Waals surface area contributed by atoms with Crippen molar-refractivity contribution in [2.45, 2.75) is 19.4 Å². The highest BCUT2D eigenvalue weighted by Gasteiger charge is 2.07. The van der Waals surface area contributed by atoms with Crippen molar-refractivity contribution in [1.82, 2.24) is 5.32 Å². The molecule has 1 nitrogen and oxygen atoms in total. The quantitative estimate of drug-likeness (QED) is 0.841. The fourth-order valence-corrected chi connectivity index (χ4v) is 1.86. The Hall–Kier alpha value is 0.200.